The number of benzene rings is 6. The van der Waals surface area contributed by atoms with Crippen LogP contribution in [-0.2, 0) is 60.7 Å². The number of fused-ring (bicyclic) bond motifs is 1. The molecule has 0 saturated heterocycles. The lowest BCUT2D eigenvalue weighted by molar-refractivity contribution is -0.662. The first-order chi connectivity index (χ1) is 36.0. The van der Waals surface area contributed by atoms with Crippen molar-refractivity contribution in [2.45, 2.75) is 62.9 Å². The SMILES string of the molecule is CCOC(=O)c1ccc(C[n+]2cccc3ccccc32)cc1.FC(F)(F)c1cc([B-](c2cc(C(F)(F)F)cc(C(F)(F)F)c2)(c2cc(C(F)(F)F)cc(C(F)(F)F)c2)c2cc(C(F)(F)F)cc(C(F)(F)F)c2)cc(C(F)(F)F)c1. The Labute approximate surface area is 428 Å². The molecule has 0 saturated carbocycles. The largest absolute Gasteiger partial charge is 0.462 e. The molecule has 7 aromatic rings. The molecule has 0 atom stereocenters. The second-order valence-electron chi connectivity index (χ2n) is 17.3. The first-order valence-corrected chi connectivity index (χ1v) is 22.0. The number of para-hydroxylation sites is 1. The van der Waals surface area contributed by atoms with E-state index in [0.29, 0.717) is 12.2 Å². The van der Waals surface area contributed by atoms with E-state index >= 15 is 0 Å². The summed E-state index contributed by atoms with van der Waals surface area (Å²) in [5.74, 6) is -0.271. The molecule has 0 N–H and O–H groups in total. The molecule has 0 aliphatic carbocycles. The van der Waals surface area contributed by atoms with Crippen LogP contribution in [0.5, 0.6) is 0 Å². The fourth-order valence-corrected chi connectivity index (χ4v) is 8.59. The number of esters is 1. The van der Waals surface area contributed by atoms with E-state index in [-0.39, 0.29) is 5.97 Å². The zero-order chi connectivity index (χ0) is 59.3. The van der Waals surface area contributed by atoms with Crippen LogP contribution in [0, 0.1) is 0 Å². The van der Waals surface area contributed by atoms with Gasteiger partial charge in [-0.1, -0.05) is 72.8 Å². The summed E-state index contributed by atoms with van der Waals surface area (Å²) in [4.78, 5) is 11.7. The lowest BCUT2D eigenvalue weighted by atomic mass is 9.12. The van der Waals surface area contributed by atoms with Gasteiger partial charge in [0.2, 0.25) is 5.52 Å². The number of nitrogens with zero attached hydrogens (tertiary/aromatic N) is 1. The van der Waals surface area contributed by atoms with Gasteiger partial charge in [-0.25, -0.2) is 4.79 Å². The van der Waals surface area contributed by atoms with Gasteiger partial charge in [0.25, 0.3) is 0 Å². The maximum atomic E-state index is 14.2. The Hall–Kier alpha value is -7.42. The highest BCUT2D eigenvalue weighted by Crippen LogP contribution is 2.41. The van der Waals surface area contributed by atoms with Crippen LogP contribution in [0.15, 0.2) is 140 Å². The summed E-state index contributed by atoms with van der Waals surface area (Å²) in [7, 11) is 0. The van der Waals surface area contributed by atoms with Gasteiger partial charge in [-0.05, 0) is 55.5 Å². The van der Waals surface area contributed by atoms with Crippen molar-refractivity contribution in [1.82, 2.24) is 0 Å². The molecule has 0 amide bonds. The van der Waals surface area contributed by atoms with E-state index in [1.165, 1.54) is 10.9 Å². The lowest BCUT2D eigenvalue weighted by Gasteiger charge is -2.46. The maximum absolute atomic E-state index is 14.2. The number of halogens is 24. The summed E-state index contributed by atoms with van der Waals surface area (Å²) in [6, 6.07) is 11.2. The van der Waals surface area contributed by atoms with Gasteiger partial charge in [-0.2, -0.15) is 132 Å². The van der Waals surface area contributed by atoms with E-state index in [1.54, 1.807) is 0 Å². The minimum atomic E-state index is -6.13. The van der Waals surface area contributed by atoms with E-state index in [4.69, 9.17) is 4.74 Å². The molecule has 7 rings (SSSR count). The van der Waals surface area contributed by atoms with E-state index in [0.717, 1.165) is 12.1 Å². The van der Waals surface area contributed by atoms with Crippen molar-refractivity contribution < 1.29 is 119 Å². The van der Waals surface area contributed by atoms with Crippen LogP contribution < -0.4 is 26.4 Å². The summed E-state index contributed by atoms with van der Waals surface area (Å²) < 4.78 is 348. The lowest BCUT2D eigenvalue weighted by Crippen LogP contribution is -2.75. The van der Waals surface area contributed by atoms with Crippen molar-refractivity contribution in [3.05, 3.63) is 195 Å². The summed E-state index contributed by atoms with van der Waals surface area (Å²) in [6.07, 6.45) is -52.7. The number of rotatable bonds is 8. The Morgan fingerprint density at radius 3 is 0.949 bits per heavy atom. The third kappa shape index (κ3) is 13.9. The average molecular weight is 1160 g/mol. The zero-order valence-corrected chi connectivity index (χ0v) is 39.1. The second-order valence-corrected chi connectivity index (χ2v) is 17.3. The monoisotopic (exact) mass is 1160 g/mol. The summed E-state index contributed by atoms with van der Waals surface area (Å²) >= 11 is 0. The molecule has 422 valence electrons. The molecule has 0 spiro atoms. The fraction of sp³-hybridized carbons (Fsp3) is 0.216. The Kier molecular flexibility index (Phi) is 16.4. The van der Waals surface area contributed by atoms with E-state index in [1.807, 2.05) is 43.3 Å². The van der Waals surface area contributed by atoms with Crippen LogP contribution in [0.3, 0.4) is 0 Å². The maximum Gasteiger partial charge on any atom is 0.416 e. The van der Waals surface area contributed by atoms with E-state index in [2.05, 4.69) is 35.0 Å². The number of ether oxygens (including phenoxy) is 1. The Morgan fingerprint density at radius 1 is 0.392 bits per heavy atom. The number of hydrogen-bond acceptors (Lipinski definition) is 2. The number of carbonyl (C=O) groups excluding carboxylic acids is 1. The Balaban J connectivity index is 0.000000378. The van der Waals surface area contributed by atoms with E-state index < -0.39 is 195 Å². The van der Waals surface area contributed by atoms with Crippen LogP contribution in [0.2, 0.25) is 0 Å². The van der Waals surface area contributed by atoms with Crippen molar-refractivity contribution in [2.24, 2.45) is 0 Å². The molecule has 0 fully saturated rings. The molecule has 0 bridgehead atoms. The molecular formula is C51H30BF24NO2. The highest BCUT2D eigenvalue weighted by Gasteiger charge is 2.47. The van der Waals surface area contributed by atoms with Crippen molar-refractivity contribution in [1.29, 1.82) is 0 Å². The Bertz CT molecular complexity index is 2900. The van der Waals surface area contributed by atoms with Gasteiger partial charge in [0.1, 0.15) is 6.15 Å². The van der Waals surface area contributed by atoms with E-state index in [9.17, 15) is 110 Å². The molecular weight excluding hydrogens is 1130 g/mol. The van der Waals surface area contributed by atoms with Gasteiger partial charge in [0, 0.05) is 23.1 Å². The molecule has 0 radical (unpaired) electrons. The predicted molar refractivity (Wildman–Crippen MR) is 236 cm³/mol. The first kappa shape index (κ1) is 60.8. The number of carbonyl (C=O) groups is 1. The summed E-state index contributed by atoms with van der Waals surface area (Å²) in [5.41, 5.74) is -27.3. The zero-order valence-electron chi connectivity index (χ0n) is 39.1. The highest BCUT2D eigenvalue weighted by molar-refractivity contribution is 7.20. The number of alkyl halides is 24. The molecule has 79 heavy (non-hydrogen) atoms. The van der Waals surface area contributed by atoms with Gasteiger partial charge in [0.05, 0.1) is 56.7 Å². The predicted octanol–water partition coefficient (Wildman–Crippen LogP) is 14.6. The van der Waals surface area contributed by atoms with Crippen molar-refractivity contribution >= 4 is 44.9 Å². The fourth-order valence-electron chi connectivity index (χ4n) is 8.59. The number of hydrogen-bond donors (Lipinski definition) is 0. The molecule has 0 aliphatic rings. The quantitative estimate of drug-likeness (QED) is 0.0657. The van der Waals surface area contributed by atoms with Crippen LogP contribution in [0.4, 0.5) is 105 Å². The normalized spacial score (nSPS) is 13.3. The minimum Gasteiger partial charge on any atom is -0.462 e. The summed E-state index contributed by atoms with van der Waals surface area (Å²) in [6.45, 7) is 2.97. The van der Waals surface area contributed by atoms with Gasteiger partial charge >= 0.3 is 55.4 Å². The molecule has 3 nitrogen and oxygen atoms in total. The van der Waals surface area contributed by atoms with Gasteiger partial charge < -0.3 is 4.74 Å². The van der Waals surface area contributed by atoms with Crippen molar-refractivity contribution in [2.75, 3.05) is 6.61 Å². The molecule has 1 aromatic heterocycles. The Morgan fingerprint density at radius 2 is 0.671 bits per heavy atom. The average Bonchev–Trinajstić information content (AvgIpc) is 3.54. The number of pyridine rings is 1. The third-order valence-corrected chi connectivity index (χ3v) is 12.0. The molecule has 1 heterocycles. The van der Waals surface area contributed by atoms with Gasteiger partial charge in [-0.3, -0.25) is 0 Å². The minimum absolute atomic E-state index is 0.271. The molecule has 0 aliphatic heterocycles. The number of aromatic nitrogens is 1. The van der Waals surface area contributed by atoms with Gasteiger partial charge in [-0.15, -0.1) is 0 Å². The van der Waals surface area contributed by atoms with Crippen molar-refractivity contribution in [3.8, 4) is 0 Å². The summed E-state index contributed by atoms with van der Waals surface area (Å²) in [5, 5.41) is 1.22. The first-order valence-electron chi connectivity index (χ1n) is 22.0. The molecule has 6 aromatic carbocycles. The third-order valence-electron chi connectivity index (χ3n) is 12.0. The van der Waals surface area contributed by atoms with Crippen LogP contribution in [0.1, 0.15) is 67.4 Å². The smallest absolute Gasteiger partial charge is 0.416 e. The van der Waals surface area contributed by atoms with Crippen LogP contribution in [0.25, 0.3) is 10.9 Å². The van der Waals surface area contributed by atoms with Crippen LogP contribution >= 0.6 is 0 Å². The standard InChI is InChI=1S/C32H12BF24.C19H18NO2/c34-25(35,36)13-1-14(26(37,38)39)6-21(5-13)33(22-7-15(27(40,41)42)2-16(8-22)28(43,44)45,23-9-17(29(46,47)48)3-18(10-23)30(49,50)51)24-11-19(31(52,53)54)4-20(12-24)32(55,56)57;1-2-22-19(21)17-11-9-15(10-12-17)14-20-13-5-7-16-6-3-4-8-18(16)20/h1-12H;3-13H,2,14H2,1H3/q-1;+1. The van der Waals surface area contributed by atoms with Gasteiger partial charge in [0.15, 0.2) is 12.7 Å². The second kappa shape index (κ2) is 21.3. The topological polar surface area (TPSA) is 30.2 Å². The molecule has 28 heteroatoms. The highest BCUT2D eigenvalue weighted by atomic mass is 19.4. The van der Waals surface area contributed by atoms with Crippen molar-refractivity contribution in [3.63, 3.8) is 0 Å². The van der Waals surface area contributed by atoms with Crippen LogP contribution in [-0.4, -0.2) is 18.7 Å². The molecule has 0 unspecified atom stereocenters.